The van der Waals surface area contributed by atoms with Crippen molar-refractivity contribution in [3.05, 3.63) is 18.1 Å². The van der Waals surface area contributed by atoms with Crippen LogP contribution >= 0.6 is 0 Å². The average molecular weight is 288 g/mol. The van der Waals surface area contributed by atoms with Gasteiger partial charge in [-0.3, -0.25) is 0 Å². The standard InChI is InChI=1S/C16H24N4O/c1-4-11-8-17-14-13(11)15(20-10-19-14)18-9-12-6-5-7-16(2,3)21-12/h8,10,12H,4-7,9H2,1-3H3,(H2,17,18,19,20). The molecule has 0 aliphatic carbocycles. The Morgan fingerprint density at radius 3 is 3.05 bits per heavy atom. The average Bonchev–Trinajstić information content (AvgIpc) is 2.88. The number of hydrogen-bond donors (Lipinski definition) is 2. The number of nitrogens with one attached hydrogen (secondary N) is 2. The lowest BCUT2D eigenvalue weighted by atomic mass is 9.95. The van der Waals surface area contributed by atoms with Crippen molar-refractivity contribution in [2.75, 3.05) is 11.9 Å². The lowest BCUT2D eigenvalue weighted by Gasteiger charge is -2.36. The van der Waals surface area contributed by atoms with E-state index in [1.54, 1.807) is 6.33 Å². The van der Waals surface area contributed by atoms with E-state index in [1.807, 2.05) is 6.20 Å². The molecule has 3 rings (SSSR count). The maximum Gasteiger partial charge on any atom is 0.143 e. The number of anilines is 1. The molecule has 3 heterocycles. The zero-order valence-corrected chi connectivity index (χ0v) is 13.1. The fourth-order valence-electron chi connectivity index (χ4n) is 3.12. The topological polar surface area (TPSA) is 62.8 Å². The van der Waals surface area contributed by atoms with Crippen molar-refractivity contribution in [2.45, 2.75) is 58.2 Å². The molecule has 2 aromatic heterocycles. The molecule has 1 saturated heterocycles. The van der Waals surface area contributed by atoms with Gasteiger partial charge in [0, 0.05) is 12.7 Å². The lowest BCUT2D eigenvalue weighted by molar-refractivity contribution is -0.100. The van der Waals surface area contributed by atoms with Gasteiger partial charge in [0.05, 0.1) is 17.1 Å². The highest BCUT2D eigenvalue weighted by molar-refractivity contribution is 5.90. The summed E-state index contributed by atoms with van der Waals surface area (Å²) >= 11 is 0. The van der Waals surface area contributed by atoms with E-state index < -0.39 is 0 Å². The second-order valence-electron chi connectivity index (χ2n) is 6.39. The Labute approximate surface area is 125 Å². The Morgan fingerprint density at radius 2 is 2.29 bits per heavy atom. The largest absolute Gasteiger partial charge is 0.371 e. The summed E-state index contributed by atoms with van der Waals surface area (Å²) < 4.78 is 6.13. The summed E-state index contributed by atoms with van der Waals surface area (Å²) in [6, 6.07) is 0. The van der Waals surface area contributed by atoms with Crippen LogP contribution in [-0.4, -0.2) is 33.2 Å². The smallest absolute Gasteiger partial charge is 0.143 e. The van der Waals surface area contributed by atoms with Crippen LogP contribution in [0.3, 0.4) is 0 Å². The minimum absolute atomic E-state index is 0.00570. The van der Waals surface area contributed by atoms with Crippen molar-refractivity contribution in [1.29, 1.82) is 0 Å². The molecule has 1 atom stereocenters. The van der Waals surface area contributed by atoms with Gasteiger partial charge in [-0.1, -0.05) is 6.92 Å². The number of fused-ring (bicyclic) bond motifs is 1. The molecule has 21 heavy (non-hydrogen) atoms. The van der Waals surface area contributed by atoms with Crippen molar-refractivity contribution in [1.82, 2.24) is 15.0 Å². The first-order valence-electron chi connectivity index (χ1n) is 7.82. The van der Waals surface area contributed by atoms with Crippen LogP contribution in [-0.2, 0) is 11.2 Å². The van der Waals surface area contributed by atoms with Crippen LogP contribution in [0.15, 0.2) is 12.5 Å². The van der Waals surface area contributed by atoms with E-state index >= 15 is 0 Å². The van der Waals surface area contributed by atoms with Crippen molar-refractivity contribution in [3.63, 3.8) is 0 Å². The van der Waals surface area contributed by atoms with Gasteiger partial charge in [0.1, 0.15) is 17.8 Å². The molecular weight excluding hydrogens is 264 g/mol. The fraction of sp³-hybridized carbons (Fsp3) is 0.625. The van der Waals surface area contributed by atoms with E-state index in [0.717, 1.165) is 42.7 Å². The third-order valence-electron chi connectivity index (χ3n) is 4.22. The molecule has 0 saturated carbocycles. The first-order valence-corrected chi connectivity index (χ1v) is 7.82. The van der Waals surface area contributed by atoms with Crippen molar-refractivity contribution >= 4 is 16.9 Å². The lowest BCUT2D eigenvalue weighted by Crippen LogP contribution is -2.38. The number of aromatic nitrogens is 3. The highest BCUT2D eigenvalue weighted by Gasteiger charge is 2.28. The molecule has 0 amide bonds. The van der Waals surface area contributed by atoms with Crippen molar-refractivity contribution in [3.8, 4) is 0 Å². The molecule has 1 aliphatic rings. The van der Waals surface area contributed by atoms with E-state index in [2.05, 4.69) is 41.0 Å². The van der Waals surface area contributed by atoms with Gasteiger partial charge < -0.3 is 15.0 Å². The summed E-state index contributed by atoms with van der Waals surface area (Å²) in [5, 5.41) is 4.57. The van der Waals surface area contributed by atoms with E-state index in [9.17, 15) is 0 Å². The normalized spacial score (nSPS) is 21.6. The maximum absolute atomic E-state index is 6.13. The van der Waals surface area contributed by atoms with Gasteiger partial charge in [-0.05, 0) is 45.1 Å². The van der Waals surface area contributed by atoms with Crippen molar-refractivity contribution in [2.24, 2.45) is 0 Å². The SMILES string of the molecule is CCc1c[nH]c2ncnc(NCC3CCCC(C)(C)O3)c12. The third kappa shape index (κ3) is 3.02. The second-order valence-corrected chi connectivity index (χ2v) is 6.39. The Hall–Kier alpha value is -1.62. The molecule has 0 radical (unpaired) electrons. The number of nitrogens with zero attached hydrogens (tertiary/aromatic N) is 2. The molecule has 0 aromatic carbocycles. The summed E-state index contributed by atoms with van der Waals surface area (Å²) in [6.45, 7) is 7.28. The molecule has 5 heteroatoms. The summed E-state index contributed by atoms with van der Waals surface area (Å²) in [5.74, 6) is 0.907. The molecule has 2 aromatic rings. The van der Waals surface area contributed by atoms with Crippen LogP contribution in [0.2, 0.25) is 0 Å². The first-order chi connectivity index (χ1) is 10.1. The Bertz CT molecular complexity index is 620. The van der Waals surface area contributed by atoms with Gasteiger partial charge in [-0.2, -0.15) is 0 Å². The number of hydrogen-bond acceptors (Lipinski definition) is 4. The van der Waals surface area contributed by atoms with E-state index in [1.165, 1.54) is 12.0 Å². The predicted octanol–water partition coefficient (Wildman–Crippen LogP) is 3.28. The Morgan fingerprint density at radius 1 is 1.43 bits per heavy atom. The number of aryl methyl sites for hydroxylation is 1. The number of rotatable bonds is 4. The fourth-order valence-corrected chi connectivity index (χ4v) is 3.12. The van der Waals surface area contributed by atoms with Crippen LogP contribution in [0.25, 0.3) is 11.0 Å². The highest BCUT2D eigenvalue weighted by atomic mass is 16.5. The predicted molar refractivity (Wildman–Crippen MR) is 84.6 cm³/mol. The molecule has 1 fully saturated rings. The van der Waals surface area contributed by atoms with Crippen LogP contribution < -0.4 is 5.32 Å². The molecule has 2 N–H and O–H groups in total. The molecule has 1 aliphatic heterocycles. The molecule has 114 valence electrons. The monoisotopic (exact) mass is 288 g/mol. The van der Waals surface area contributed by atoms with Crippen LogP contribution in [0.5, 0.6) is 0 Å². The summed E-state index contributed by atoms with van der Waals surface area (Å²) in [7, 11) is 0. The highest BCUT2D eigenvalue weighted by Crippen LogP contribution is 2.29. The van der Waals surface area contributed by atoms with E-state index in [-0.39, 0.29) is 11.7 Å². The van der Waals surface area contributed by atoms with Gasteiger partial charge in [0.25, 0.3) is 0 Å². The summed E-state index contributed by atoms with van der Waals surface area (Å²) in [6.07, 6.45) is 8.31. The van der Waals surface area contributed by atoms with Gasteiger partial charge >= 0.3 is 0 Å². The van der Waals surface area contributed by atoms with E-state index in [0.29, 0.717) is 0 Å². The minimum Gasteiger partial charge on any atom is -0.371 e. The Kier molecular flexibility index (Phi) is 3.85. The molecular formula is C16H24N4O. The van der Waals surface area contributed by atoms with Gasteiger partial charge in [-0.25, -0.2) is 9.97 Å². The third-order valence-corrected chi connectivity index (χ3v) is 4.22. The van der Waals surface area contributed by atoms with Crippen molar-refractivity contribution < 1.29 is 4.74 Å². The second kappa shape index (κ2) is 5.64. The Balaban J connectivity index is 1.75. The van der Waals surface area contributed by atoms with Gasteiger partial charge in [0.15, 0.2) is 0 Å². The number of aromatic amines is 1. The maximum atomic E-state index is 6.13. The number of ether oxygens (including phenoxy) is 1. The van der Waals surface area contributed by atoms with Gasteiger partial charge in [-0.15, -0.1) is 0 Å². The first kappa shape index (κ1) is 14.3. The summed E-state index contributed by atoms with van der Waals surface area (Å²) in [5.41, 5.74) is 2.14. The van der Waals surface area contributed by atoms with Crippen LogP contribution in [0, 0.1) is 0 Å². The zero-order chi connectivity index (χ0) is 14.9. The van der Waals surface area contributed by atoms with E-state index in [4.69, 9.17) is 4.74 Å². The van der Waals surface area contributed by atoms with Crippen LogP contribution in [0.1, 0.15) is 45.6 Å². The van der Waals surface area contributed by atoms with Crippen LogP contribution in [0.4, 0.5) is 5.82 Å². The molecule has 1 unspecified atom stereocenters. The molecule has 5 nitrogen and oxygen atoms in total. The number of H-pyrrole nitrogens is 1. The minimum atomic E-state index is -0.00570. The van der Waals surface area contributed by atoms with Gasteiger partial charge in [0.2, 0.25) is 0 Å². The summed E-state index contributed by atoms with van der Waals surface area (Å²) in [4.78, 5) is 11.9. The quantitative estimate of drug-likeness (QED) is 0.906. The molecule has 0 spiro atoms. The zero-order valence-electron chi connectivity index (χ0n) is 13.1. The molecule has 0 bridgehead atoms.